The summed E-state index contributed by atoms with van der Waals surface area (Å²) in [6, 6.07) is 6.07. The summed E-state index contributed by atoms with van der Waals surface area (Å²) in [6.45, 7) is 18.0. The number of fused-ring (bicyclic) bond motifs is 1. The number of nitrogens with zero attached hydrogens (tertiary/aromatic N) is 2. The lowest BCUT2D eigenvalue weighted by Gasteiger charge is -2.21. The third-order valence-electron chi connectivity index (χ3n) is 5.03. The first-order valence-corrected chi connectivity index (χ1v) is 10.3. The topological polar surface area (TPSA) is 37.4 Å². The maximum atomic E-state index is 6.17. The highest BCUT2D eigenvalue weighted by molar-refractivity contribution is 6.31. The average Bonchev–Trinajstić information content (AvgIpc) is 2.67. The van der Waals surface area contributed by atoms with Crippen LogP contribution in [0, 0.1) is 0 Å². The molecule has 0 saturated heterocycles. The van der Waals surface area contributed by atoms with Gasteiger partial charge < -0.3 is 15.0 Å². The molecular weight excluding hydrogens is 370 g/mol. The minimum atomic E-state index is 0.305. The second kappa shape index (κ2) is 10.5. The second-order valence-corrected chi connectivity index (χ2v) is 7.47. The molecule has 1 N–H and O–H groups in total. The van der Waals surface area contributed by atoms with Gasteiger partial charge in [-0.15, -0.1) is 0 Å². The molecule has 1 atom stereocenters. The third-order valence-corrected chi connectivity index (χ3v) is 5.26. The SMILES string of the molecule is C=C(/C=c1/c(NC(C)CCCN(CC)CC)c2ccc(Cl)cc2nc1=C)OC. The van der Waals surface area contributed by atoms with E-state index in [1.807, 2.05) is 24.3 Å². The van der Waals surface area contributed by atoms with Crippen LogP contribution in [0.1, 0.15) is 33.6 Å². The number of rotatable bonds is 10. The van der Waals surface area contributed by atoms with E-state index in [-0.39, 0.29) is 0 Å². The number of benzene rings is 1. The lowest BCUT2D eigenvalue weighted by molar-refractivity contribution is 0.295. The summed E-state index contributed by atoms with van der Waals surface area (Å²) in [5.74, 6) is 0.567. The first-order chi connectivity index (χ1) is 13.4. The summed E-state index contributed by atoms with van der Waals surface area (Å²) in [5, 5.41) is 6.93. The summed E-state index contributed by atoms with van der Waals surface area (Å²) in [6.07, 6.45) is 4.10. The molecule has 0 amide bonds. The molecule has 152 valence electrons. The number of pyridine rings is 1. The maximum Gasteiger partial charge on any atom is 0.112 e. The minimum absolute atomic E-state index is 0.305. The fraction of sp³-hybridized carbons (Fsp3) is 0.435. The Labute approximate surface area is 173 Å². The largest absolute Gasteiger partial charge is 0.497 e. The van der Waals surface area contributed by atoms with E-state index in [9.17, 15) is 0 Å². The minimum Gasteiger partial charge on any atom is -0.497 e. The molecular formula is C23H32ClN3O. The smallest absolute Gasteiger partial charge is 0.112 e. The van der Waals surface area contributed by atoms with Crippen LogP contribution in [-0.2, 0) is 4.74 Å². The number of ether oxygens (including phenoxy) is 1. The number of aromatic nitrogens is 1. The lowest BCUT2D eigenvalue weighted by Crippen LogP contribution is -2.33. The van der Waals surface area contributed by atoms with Crippen LogP contribution in [0.2, 0.25) is 5.02 Å². The van der Waals surface area contributed by atoms with Gasteiger partial charge in [0.25, 0.3) is 0 Å². The van der Waals surface area contributed by atoms with Gasteiger partial charge in [0.15, 0.2) is 0 Å². The summed E-state index contributed by atoms with van der Waals surface area (Å²) in [7, 11) is 1.61. The Bertz CT molecular complexity index is 922. The number of hydrogen-bond acceptors (Lipinski definition) is 4. The van der Waals surface area contributed by atoms with Crippen molar-refractivity contribution in [1.29, 1.82) is 0 Å². The van der Waals surface area contributed by atoms with Gasteiger partial charge in [0, 0.05) is 21.7 Å². The van der Waals surface area contributed by atoms with Crippen LogP contribution in [0.4, 0.5) is 5.69 Å². The number of nitrogens with one attached hydrogen (secondary N) is 1. The van der Waals surface area contributed by atoms with Crippen molar-refractivity contribution in [3.8, 4) is 0 Å². The zero-order chi connectivity index (χ0) is 20.7. The van der Waals surface area contributed by atoms with Gasteiger partial charge in [0.2, 0.25) is 0 Å². The fourth-order valence-electron chi connectivity index (χ4n) is 3.31. The van der Waals surface area contributed by atoms with E-state index in [0.29, 0.717) is 22.2 Å². The van der Waals surface area contributed by atoms with Crippen LogP contribution >= 0.6 is 11.6 Å². The molecule has 1 aromatic carbocycles. The molecule has 0 radical (unpaired) electrons. The molecule has 0 aliphatic heterocycles. The van der Waals surface area contributed by atoms with Crippen molar-refractivity contribution < 1.29 is 4.74 Å². The predicted molar refractivity (Wildman–Crippen MR) is 122 cm³/mol. The van der Waals surface area contributed by atoms with Crippen molar-refractivity contribution in [2.24, 2.45) is 0 Å². The van der Waals surface area contributed by atoms with E-state index in [1.54, 1.807) is 7.11 Å². The summed E-state index contributed by atoms with van der Waals surface area (Å²) >= 11 is 6.17. The predicted octanol–water partition coefficient (Wildman–Crippen LogP) is 4.16. The number of methoxy groups -OCH3 is 1. The number of anilines is 1. The molecule has 1 heterocycles. The van der Waals surface area contributed by atoms with Gasteiger partial charge in [-0.25, -0.2) is 4.98 Å². The van der Waals surface area contributed by atoms with Crippen LogP contribution in [0.5, 0.6) is 0 Å². The fourth-order valence-corrected chi connectivity index (χ4v) is 3.48. The summed E-state index contributed by atoms with van der Waals surface area (Å²) in [5.41, 5.74) is 1.83. The van der Waals surface area contributed by atoms with E-state index >= 15 is 0 Å². The maximum absolute atomic E-state index is 6.17. The van der Waals surface area contributed by atoms with Crippen molar-refractivity contribution in [3.63, 3.8) is 0 Å². The molecule has 0 saturated carbocycles. The molecule has 1 aromatic heterocycles. The molecule has 1 unspecified atom stereocenters. The highest BCUT2D eigenvalue weighted by Gasteiger charge is 2.11. The quantitative estimate of drug-likeness (QED) is 0.606. The highest BCUT2D eigenvalue weighted by atomic mass is 35.5. The standard InChI is InChI=1S/C23H32ClN3O/c1-7-27(8-2)13-9-10-16(3)25-23-20-12-11-19(24)15-22(20)26-18(5)21(23)14-17(4)28-6/h11-12,14-16,25H,4-5,7-10,13H2,1-3,6H3/b21-14+. The van der Waals surface area contributed by atoms with E-state index in [2.05, 4.69) is 49.1 Å². The molecule has 0 bridgehead atoms. The van der Waals surface area contributed by atoms with Crippen LogP contribution in [0.25, 0.3) is 23.6 Å². The van der Waals surface area contributed by atoms with Crippen molar-refractivity contribution in [3.05, 3.63) is 46.1 Å². The van der Waals surface area contributed by atoms with Crippen LogP contribution in [-0.4, -0.2) is 42.7 Å². The number of hydrogen-bond donors (Lipinski definition) is 1. The highest BCUT2D eigenvalue weighted by Crippen LogP contribution is 2.22. The Morgan fingerprint density at radius 2 is 2.07 bits per heavy atom. The number of halogens is 1. The van der Waals surface area contributed by atoms with Gasteiger partial charge in [-0.05, 0) is 63.7 Å². The Balaban J connectivity index is 2.37. The Morgan fingerprint density at radius 1 is 1.36 bits per heavy atom. The van der Waals surface area contributed by atoms with Crippen molar-refractivity contribution in [2.75, 3.05) is 32.1 Å². The summed E-state index contributed by atoms with van der Waals surface area (Å²) < 4.78 is 5.26. The molecule has 4 nitrogen and oxygen atoms in total. The lowest BCUT2D eigenvalue weighted by atomic mass is 10.1. The van der Waals surface area contributed by atoms with E-state index in [4.69, 9.17) is 16.3 Å². The van der Waals surface area contributed by atoms with Gasteiger partial charge in [-0.1, -0.05) is 38.6 Å². The number of allylic oxidation sites excluding steroid dienone is 1. The summed E-state index contributed by atoms with van der Waals surface area (Å²) in [4.78, 5) is 7.08. The molecule has 2 aromatic rings. The molecule has 0 spiro atoms. The Kier molecular flexibility index (Phi) is 8.34. The van der Waals surface area contributed by atoms with Crippen LogP contribution in [0.15, 0.2) is 30.5 Å². The zero-order valence-corrected chi connectivity index (χ0v) is 18.3. The van der Waals surface area contributed by atoms with E-state index in [1.165, 1.54) is 0 Å². The normalized spacial score (nSPS) is 13.1. The third kappa shape index (κ3) is 5.73. The van der Waals surface area contributed by atoms with Gasteiger partial charge in [0.1, 0.15) is 5.76 Å². The molecule has 5 heteroatoms. The van der Waals surface area contributed by atoms with Gasteiger partial charge in [0.05, 0.1) is 23.7 Å². The van der Waals surface area contributed by atoms with Crippen molar-refractivity contribution in [2.45, 2.75) is 39.7 Å². The van der Waals surface area contributed by atoms with Crippen molar-refractivity contribution in [1.82, 2.24) is 9.88 Å². The van der Waals surface area contributed by atoms with Crippen molar-refractivity contribution >= 4 is 40.8 Å². The van der Waals surface area contributed by atoms with Crippen LogP contribution in [0.3, 0.4) is 0 Å². The van der Waals surface area contributed by atoms with Crippen LogP contribution < -0.4 is 15.9 Å². The van der Waals surface area contributed by atoms with E-state index < -0.39 is 0 Å². The molecule has 0 aliphatic carbocycles. The Hall–Kier alpha value is -2.04. The molecule has 28 heavy (non-hydrogen) atoms. The molecule has 2 rings (SSSR count). The van der Waals surface area contributed by atoms with Gasteiger partial charge in [-0.2, -0.15) is 0 Å². The van der Waals surface area contributed by atoms with Gasteiger partial charge >= 0.3 is 0 Å². The first-order valence-electron chi connectivity index (χ1n) is 9.91. The second-order valence-electron chi connectivity index (χ2n) is 7.04. The first kappa shape index (κ1) is 22.3. The zero-order valence-electron chi connectivity index (χ0n) is 17.5. The van der Waals surface area contributed by atoms with Gasteiger partial charge in [-0.3, -0.25) is 0 Å². The Morgan fingerprint density at radius 3 is 2.71 bits per heavy atom. The monoisotopic (exact) mass is 401 g/mol. The molecule has 0 fully saturated rings. The average molecular weight is 402 g/mol. The molecule has 0 aliphatic rings. The van der Waals surface area contributed by atoms with E-state index in [0.717, 1.165) is 54.3 Å².